The smallest absolute Gasteiger partial charge is 0.416 e. The molecule has 0 aliphatic rings. The maximum Gasteiger partial charge on any atom is 0.416 e. The van der Waals surface area contributed by atoms with E-state index in [-0.39, 0.29) is 18.5 Å². The van der Waals surface area contributed by atoms with E-state index in [2.05, 4.69) is 5.32 Å². The summed E-state index contributed by atoms with van der Waals surface area (Å²) in [7, 11) is 0. The van der Waals surface area contributed by atoms with Crippen molar-refractivity contribution in [2.75, 3.05) is 6.61 Å². The molecule has 1 unspecified atom stereocenters. The van der Waals surface area contributed by atoms with Gasteiger partial charge < -0.3 is 10.2 Å². The number of hydrogen-bond donors (Lipinski definition) is 3. The molecule has 33 heavy (non-hydrogen) atoms. The summed E-state index contributed by atoms with van der Waals surface area (Å²) in [6.07, 6.45) is -3.87. The van der Waals surface area contributed by atoms with Gasteiger partial charge in [-0.25, -0.2) is 0 Å². The van der Waals surface area contributed by atoms with Gasteiger partial charge in [0.25, 0.3) is 0 Å². The maximum atomic E-state index is 13.6. The number of aryl methyl sites for hydroxylation is 2. The van der Waals surface area contributed by atoms with Crippen LogP contribution < -0.4 is 5.32 Å². The monoisotopic (exact) mass is 457 g/mol. The molecular weight excluding hydrogens is 431 g/mol. The summed E-state index contributed by atoms with van der Waals surface area (Å²) in [4.78, 5) is 11.1. The van der Waals surface area contributed by atoms with Crippen molar-refractivity contribution in [3.05, 3.63) is 94.5 Å². The van der Waals surface area contributed by atoms with Crippen LogP contribution in [-0.2, 0) is 30.4 Å². The third-order valence-electron chi connectivity index (χ3n) is 5.70. The molecule has 0 bridgehead atoms. The molecule has 0 spiro atoms. The van der Waals surface area contributed by atoms with Crippen molar-refractivity contribution in [3.63, 3.8) is 0 Å². The summed E-state index contributed by atoms with van der Waals surface area (Å²) < 4.78 is 40.9. The van der Waals surface area contributed by atoms with Gasteiger partial charge in [0, 0.05) is 6.54 Å². The van der Waals surface area contributed by atoms with Gasteiger partial charge in [-0.2, -0.15) is 13.2 Å². The van der Waals surface area contributed by atoms with Crippen LogP contribution in [0.4, 0.5) is 13.2 Å². The maximum absolute atomic E-state index is 13.6. The average Bonchev–Trinajstić information content (AvgIpc) is 2.78. The molecule has 0 aliphatic carbocycles. The number of halogens is 3. The largest absolute Gasteiger partial charge is 0.480 e. The second kappa shape index (κ2) is 10.6. The van der Waals surface area contributed by atoms with Gasteiger partial charge in [-0.3, -0.25) is 10.1 Å². The Balaban J connectivity index is 1.84. The van der Waals surface area contributed by atoms with E-state index in [1.165, 1.54) is 12.1 Å². The summed E-state index contributed by atoms with van der Waals surface area (Å²) in [5.74, 6) is -1.22. The Morgan fingerprint density at radius 1 is 0.970 bits per heavy atom. The Kier molecular flexibility index (Phi) is 7.89. The van der Waals surface area contributed by atoms with Crippen LogP contribution in [0.2, 0.25) is 0 Å². The first kappa shape index (κ1) is 24.5. The van der Waals surface area contributed by atoms with Crippen molar-refractivity contribution in [2.45, 2.75) is 38.5 Å². The molecule has 0 amide bonds. The average molecular weight is 457 g/mol. The van der Waals surface area contributed by atoms with E-state index < -0.39 is 30.4 Å². The van der Waals surface area contributed by atoms with Crippen LogP contribution in [0, 0.1) is 6.92 Å². The van der Waals surface area contributed by atoms with Crippen LogP contribution in [0.15, 0.2) is 66.7 Å². The number of aliphatic carboxylic acids is 1. The van der Waals surface area contributed by atoms with Gasteiger partial charge in [-0.05, 0) is 59.2 Å². The summed E-state index contributed by atoms with van der Waals surface area (Å²) in [5, 5.41) is 20.8. The molecule has 0 saturated carbocycles. The standard InChI is InChI=1S/C26H26F3NO3/c1-17-19(8-5-9-22(17)20-6-3-2-4-7-20)11-12-21-14-18(10-13-23(21)26(27,28)29)15-30-24(16-31)25(32)33/h2-10,13-14,24,30-31H,11-12,15-16H2,1H3,(H,32,33). The van der Waals surface area contributed by atoms with E-state index in [4.69, 9.17) is 10.2 Å². The topological polar surface area (TPSA) is 69.6 Å². The lowest BCUT2D eigenvalue weighted by molar-refractivity contribution is -0.140. The predicted octanol–water partition coefficient (Wildman–Crippen LogP) is 5.00. The highest BCUT2D eigenvalue weighted by Crippen LogP contribution is 2.34. The molecule has 0 radical (unpaired) electrons. The van der Waals surface area contributed by atoms with E-state index >= 15 is 0 Å². The van der Waals surface area contributed by atoms with Gasteiger partial charge in [-0.1, -0.05) is 60.7 Å². The molecule has 3 N–H and O–H groups in total. The van der Waals surface area contributed by atoms with Gasteiger partial charge >= 0.3 is 12.1 Å². The van der Waals surface area contributed by atoms with Crippen LogP contribution in [0.5, 0.6) is 0 Å². The Morgan fingerprint density at radius 3 is 2.30 bits per heavy atom. The molecule has 0 fully saturated rings. The minimum absolute atomic E-state index is 0.0329. The fourth-order valence-electron chi connectivity index (χ4n) is 3.87. The number of alkyl halides is 3. The van der Waals surface area contributed by atoms with Crippen molar-refractivity contribution >= 4 is 5.97 Å². The van der Waals surface area contributed by atoms with E-state index in [9.17, 15) is 18.0 Å². The second-order valence-corrected chi connectivity index (χ2v) is 7.90. The van der Waals surface area contributed by atoms with Crippen LogP contribution in [0.3, 0.4) is 0 Å². The number of nitrogens with one attached hydrogen (secondary N) is 1. The van der Waals surface area contributed by atoms with Crippen molar-refractivity contribution in [3.8, 4) is 11.1 Å². The van der Waals surface area contributed by atoms with Gasteiger partial charge in [0.2, 0.25) is 0 Å². The number of carbonyl (C=O) groups is 1. The Labute approximate surface area is 190 Å². The highest BCUT2D eigenvalue weighted by atomic mass is 19.4. The summed E-state index contributed by atoms with van der Waals surface area (Å²) in [6, 6.07) is 18.3. The van der Waals surface area contributed by atoms with E-state index in [0.29, 0.717) is 12.0 Å². The minimum atomic E-state index is -4.49. The fourth-order valence-corrected chi connectivity index (χ4v) is 3.87. The van der Waals surface area contributed by atoms with Crippen LogP contribution in [0.1, 0.15) is 27.8 Å². The quantitative estimate of drug-likeness (QED) is 0.423. The Bertz CT molecular complexity index is 1100. The van der Waals surface area contributed by atoms with Crippen LogP contribution >= 0.6 is 0 Å². The SMILES string of the molecule is Cc1c(CCc2cc(CNC(CO)C(=O)O)ccc2C(F)(F)F)cccc1-c1ccccc1. The zero-order valence-corrected chi connectivity index (χ0v) is 18.2. The number of carboxylic acid groups (broad SMARTS) is 1. The molecule has 7 heteroatoms. The number of hydrogen-bond acceptors (Lipinski definition) is 3. The third-order valence-corrected chi connectivity index (χ3v) is 5.70. The molecule has 0 aromatic heterocycles. The molecule has 0 aliphatic heterocycles. The first-order valence-electron chi connectivity index (χ1n) is 10.6. The fraction of sp³-hybridized carbons (Fsp3) is 0.269. The molecule has 0 heterocycles. The lowest BCUT2D eigenvalue weighted by Gasteiger charge is -2.17. The zero-order valence-electron chi connectivity index (χ0n) is 18.2. The number of benzene rings is 3. The Hall–Kier alpha value is -3.16. The summed E-state index contributed by atoms with van der Waals surface area (Å²) >= 11 is 0. The van der Waals surface area contributed by atoms with Crippen molar-refractivity contribution in [1.29, 1.82) is 0 Å². The highest BCUT2D eigenvalue weighted by molar-refractivity contribution is 5.73. The minimum Gasteiger partial charge on any atom is -0.480 e. The number of carboxylic acids is 1. The van der Waals surface area contributed by atoms with Gasteiger partial charge in [0.05, 0.1) is 12.2 Å². The predicted molar refractivity (Wildman–Crippen MR) is 121 cm³/mol. The second-order valence-electron chi connectivity index (χ2n) is 7.90. The van der Waals surface area contributed by atoms with Crippen molar-refractivity contribution in [1.82, 2.24) is 5.32 Å². The highest BCUT2D eigenvalue weighted by Gasteiger charge is 2.33. The molecule has 3 aromatic rings. The van der Waals surface area contributed by atoms with E-state index in [1.807, 2.05) is 55.5 Å². The first-order valence-corrected chi connectivity index (χ1v) is 10.6. The molecule has 3 rings (SSSR count). The third kappa shape index (κ3) is 6.21. The molecule has 1 atom stereocenters. The first-order chi connectivity index (χ1) is 15.7. The molecule has 4 nitrogen and oxygen atoms in total. The number of aliphatic hydroxyl groups excluding tert-OH is 1. The van der Waals surface area contributed by atoms with E-state index in [0.717, 1.165) is 28.3 Å². The van der Waals surface area contributed by atoms with Crippen LogP contribution in [0.25, 0.3) is 11.1 Å². The lowest BCUT2D eigenvalue weighted by atomic mass is 9.92. The molecule has 174 valence electrons. The molecule has 0 saturated heterocycles. The molecule has 3 aromatic carbocycles. The lowest BCUT2D eigenvalue weighted by Crippen LogP contribution is -2.39. The normalized spacial score (nSPS) is 12.5. The zero-order chi connectivity index (χ0) is 24.0. The number of rotatable bonds is 9. The van der Waals surface area contributed by atoms with Crippen molar-refractivity contribution < 1.29 is 28.2 Å². The molecular formula is C26H26F3NO3. The van der Waals surface area contributed by atoms with Gasteiger partial charge in [0.15, 0.2) is 0 Å². The summed E-state index contributed by atoms with van der Waals surface area (Å²) in [5.41, 5.74) is 4.08. The van der Waals surface area contributed by atoms with Crippen LogP contribution in [-0.4, -0.2) is 28.8 Å². The van der Waals surface area contributed by atoms with Gasteiger partial charge in [-0.15, -0.1) is 0 Å². The summed E-state index contributed by atoms with van der Waals surface area (Å²) in [6.45, 7) is 1.40. The number of aliphatic hydroxyl groups is 1. The van der Waals surface area contributed by atoms with E-state index in [1.54, 1.807) is 0 Å². The van der Waals surface area contributed by atoms with Crippen molar-refractivity contribution in [2.24, 2.45) is 0 Å². The van der Waals surface area contributed by atoms with Gasteiger partial charge in [0.1, 0.15) is 6.04 Å². The Morgan fingerprint density at radius 2 is 1.67 bits per heavy atom.